The number of aliphatic hydroxyl groups is 1. The molecule has 1 fully saturated rings. The summed E-state index contributed by atoms with van der Waals surface area (Å²) < 4.78 is 7.49. The van der Waals surface area contributed by atoms with Crippen molar-refractivity contribution in [3.8, 4) is 0 Å². The third-order valence-corrected chi connectivity index (χ3v) is 5.25. The number of carbonyl (C=O) groups excluding carboxylic acids is 1. The molecule has 7 heteroatoms. The molecule has 2 atom stereocenters. The number of imidazole rings is 1. The summed E-state index contributed by atoms with van der Waals surface area (Å²) in [6.07, 6.45) is -0.403. The Hall–Kier alpha value is -2.57. The Morgan fingerprint density at radius 3 is 2.82 bits per heavy atom. The number of ether oxygens (including phenoxy) is 1. The number of hydrogen-bond donors (Lipinski definition) is 2. The van der Waals surface area contributed by atoms with Crippen LogP contribution in [0.2, 0.25) is 5.02 Å². The van der Waals surface area contributed by atoms with Crippen LogP contribution in [0.4, 0.5) is 4.79 Å². The van der Waals surface area contributed by atoms with Crippen molar-refractivity contribution >= 4 is 28.7 Å². The van der Waals surface area contributed by atoms with Crippen LogP contribution in [-0.4, -0.2) is 27.3 Å². The number of benzene rings is 2. The molecule has 0 radical (unpaired) electrons. The van der Waals surface area contributed by atoms with Crippen LogP contribution >= 0.6 is 11.6 Å². The molecule has 0 unspecified atom stereocenters. The van der Waals surface area contributed by atoms with E-state index in [1.807, 2.05) is 35.9 Å². The zero-order valence-electron chi connectivity index (χ0n) is 15.5. The van der Waals surface area contributed by atoms with Gasteiger partial charge in [-0.3, -0.25) is 0 Å². The molecule has 1 aromatic heterocycles. The predicted molar refractivity (Wildman–Crippen MR) is 107 cm³/mol. The van der Waals surface area contributed by atoms with E-state index in [4.69, 9.17) is 16.3 Å². The number of rotatable bonds is 6. The molecule has 2 aromatic carbocycles. The fourth-order valence-corrected chi connectivity index (χ4v) is 3.45. The second kappa shape index (κ2) is 7.81. The topological polar surface area (TPSA) is 76.4 Å². The van der Waals surface area contributed by atoms with Crippen molar-refractivity contribution in [2.75, 3.05) is 6.54 Å². The number of hydrogen-bond acceptors (Lipinski definition) is 4. The number of aryl methyl sites for hydroxylation is 1. The minimum atomic E-state index is -1.11. The molecule has 2 N–H and O–H groups in total. The summed E-state index contributed by atoms with van der Waals surface area (Å²) in [4.78, 5) is 17.0. The van der Waals surface area contributed by atoms with E-state index in [1.165, 1.54) is 0 Å². The maximum Gasteiger partial charge on any atom is 0.407 e. The number of aliphatic hydroxyl groups excluding tert-OH is 1. The van der Waals surface area contributed by atoms with Crippen LogP contribution in [0.25, 0.3) is 11.0 Å². The molecule has 0 spiro atoms. The van der Waals surface area contributed by atoms with E-state index >= 15 is 0 Å². The standard InChI is InChI=1S/C21H22ClN3O3/c1-25-17-8-3-2-7-16(17)24-20(25)19(28-21(27)23-12-13-9-10-13)18(26)14-5-4-6-15(22)11-14/h2-8,11,13,18-19,26H,9-10,12H2,1H3,(H,23,27)/t18-,19+/m0/s1. The summed E-state index contributed by atoms with van der Waals surface area (Å²) in [6, 6.07) is 14.5. The first-order valence-corrected chi connectivity index (χ1v) is 9.70. The van der Waals surface area contributed by atoms with Gasteiger partial charge in [-0.15, -0.1) is 0 Å². The van der Waals surface area contributed by atoms with E-state index in [-0.39, 0.29) is 0 Å². The lowest BCUT2D eigenvalue weighted by atomic mass is 10.0. The van der Waals surface area contributed by atoms with Crippen molar-refractivity contribution in [3.63, 3.8) is 0 Å². The molecule has 1 heterocycles. The minimum absolute atomic E-state index is 0.468. The average Bonchev–Trinajstić information content (AvgIpc) is 3.47. The van der Waals surface area contributed by atoms with Gasteiger partial charge in [0.25, 0.3) is 0 Å². The molecular weight excluding hydrogens is 378 g/mol. The van der Waals surface area contributed by atoms with Gasteiger partial charge in [-0.1, -0.05) is 35.9 Å². The quantitative estimate of drug-likeness (QED) is 0.653. The molecule has 1 saturated carbocycles. The summed E-state index contributed by atoms with van der Waals surface area (Å²) >= 11 is 6.08. The fourth-order valence-electron chi connectivity index (χ4n) is 3.25. The van der Waals surface area contributed by atoms with Gasteiger partial charge in [0.15, 0.2) is 11.9 Å². The molecular formula is C21H22ClN3O3. The van der Waals surface area contributed by atoms with E-state index in [1.54, 1.807) is 24.3 Å². The fraction of sp³-hybridized carbons (Fsp3) is 0.333. The van der Waals surface area contributed by atoms with Gasteiger partial charge in [0.1, 0.15) is 6.10 Å². The maximum absolute atomic E-state index is 12.4. The van der Waals surface area contributed by atoms with Crippen LogP contribution in [0.1, 0.15) is 36.4 Å². The van der Waals surface area contributed by atoms with E-state index in [0.29, 0.717) is 28.9 Å². The van der Waals surface area contributed by atoms with E-state index < -0.39 is 18.3 Å². The highest BCUT2D eigenvalue weighted by Gasteiger charge is 2.32. The largest absolute Gasteiger partial charge is 0.435 e. The molecule has 0 saturated heterocycles. The zero-order valence-corrected chi connectivity index (χ0v) is 16.3. The van der Waals surface area contributed by atoms with E-state index in [0.717, 1.165) is 23.9 Å². The first-order valence-electron chi connectivity index (χ1n) is 9.32. The van der Waals surface area contributed by atoms with Crippen LogP contribution in [0.5, 0.6) is 0 Å². The Bertz CT molecular complexity index is 999. The van der Waals surface area contributed by atoms with Gasteiger partial charge in [-0.25, -0.2) is 9.78 Å². The van der Waals surface area contributed by atoms with Crippen LogP contribution in [0, 0.1) is 5.92 Å². The first-order chi connectivity index (χ1) is 13.5. The highest BCUT2D eigenvalue weighted by atomic mass is 35.5. The number of aromatic nitrogens is 2. The number of halogens is 1. The normalized spacial score (nSPS) is 16.0. The van der Waals surface area contributed by atoms with Crippen LogP contribution in [0.3, 0.4) is 0 Å². The first kappa shape index (κ1) is 18.8. The number of alkyl carbamates (subject to hydrolysis) is 1. The molecule has 0 aliphatic heterocycles. The van der Waals surface area contributed by atoms with Crippen molar-refractivity contribution in [1.29, 1.82) is 0 Å². The third kappa shape index (κ3) is 3.98. The summed E-state index contributed by atoms with van der Waals surface area (Å²) in [5.74, 6) is 0.995. The van der Waals surface area contributed by atoms with Crippen molar-refractivity contribution in [2.45, 2.75) is 25.0 Å². The highest BCUT2D eigenvalue weighted by Crippen LogP contribution is 2.34. The molecule has 6 nitrogen and oxygen atoms in total. The van der Waals surface area contributed by atoms with Crippen molar-refractivity contribution in [3.05, 3.63) is 64.9 Å². The molecule has 28 heavy (non-hydrogen) atoms. The van der Waals surface area contributed by atoms with Crippen molar-refractivity contribution < 1.29 is 14.6 Å². The molecule has 0 bridgehead atoms. The van der Waals surface area contributed by atoms with Crippen LogP contribution in [0.15, 0.2) is 48.5 Å². The Balaban J connectivity index is 1.67. The minimum Gasteiger partial charge on any atom is -0.435 e. The summed E-state index contributed by atoms with van der Waals surface area (Å²) in [7, 11) is 1.84. The summed E-state index contributed by atoms with van der Waals surface area (Å²) in [5, 5.41) is 14.3. The van der Waals surface area contributed by atoms with Gasteiger partial charge in [0, 0.05) is 18.6 Å². The number of nitrogens with one attached hydrogen (secondary N) is 1. The summed E-state index contributed by atoms with van der Waals surface area (Å²) in [6.45, 7) is 0.585. The van der Waals surface area contributed by atoms with Crippen molar-refractivity contribution in [1.82, 2.24) is 14.9 Å². The van der Waals surface area contributed by atoms with Gasteiger partial charge in [0.2, 0.25) is 0 Å². The lowest BCUT2D eigenvalue weighted by Gasteiger charge is -2.23. The van der Waals surface area contributed by atoms with Gasteiger partial charge in [-0.2, -0.15) is 0 Å². The zero-order chi connectivity index (χ0) is 19.7. The van der Waals surface area contributed by atoms with E-state index in [9.17, 15) is 9.90 Å². The molecule has 1 aliphatic carbocycles. The third-order valence-electron chi connectivity index (χ3n) is 5.02. The number of nitrogens with zero attached hydrogens (tertiary/aromatic N) is 2. The Morgan fingerprint density at radius 2 is 2.11 bits per heavy atom. The lowest BCUT2D eigenvalue weighted by Crippen LogP contribution is -2.30. The average molecular weight is 400 g/mol. The van der Waals surface area contributed by atoms with Gasteiger partial charge < -0.3 is 19.7 Å². The monoisotopic (exact) mass is 399 g/mol. The number of carbonyl (C=O) groups is 1. The van der Waals surface area contributed by atoms with Gasteiger partial charge >= 0.3 is 6.09 Å². The van der Waals surface area contributed by atoms with Gasteiger partial charge in [0.05, 0.1) is 11.0 Å². The predicted octanol–water partition coefficient (Wildman–Crippen LogP) is 4.14. The molecule has 1 amide bonds. The second-order valence-electron chi connectivity index (χ2n) is 7.17. The number of amides is 1. The Morgan fingerprint density at radius 1 is 1.32 bits per heavy atom. The molecule has 4 rings (SSSR count). The number of fused-ring (bicyclic) bond motifs is 1. The Labute approximate surface area is 168 Å². The number of para-hydroxylation sites is 2. The molecule has 3 aromatic rings. The Kier molecular flexibility index (Phi) is 5.24. The second-order valence-corrected chi connectivity index (χ2v) is 7.60. The summed E-state index contributed by atoms with van der Waals surface area (Å²) in [5.41, 5.74) is 2.22. The highest BCUT2D eigenvalue weighted by molar-refractivity contribution is 6.30. The van der Waals surface area contributed by atoms with E-state index in [2.05, 4.69) is 10.3 Å². The maximum atomic E-state index is 12.4. The van der Waals surface area contributed by atoms with Gasteiger partial charge in [-0.05, 0) is 48.6 Å². The SMILES string of the molecule is Cn1c([C@H](OC(=O)NCC2CC2)[C@@H](O)c2cccc(Cl)c2)nc2ccccc21. The molecule has 1 aliphatic rings. The van der Waals surface area contributed by atoms with Crippen LogP contribution in [-0.2, 0) is 11.8 Å². The van der Waals surface area contributed by atoms with Crippen molar-refractivity contribution in [2.24, 2.45) is 13.0 Å². The van der Waals surface area contributed by atoms with Crippen LogP contribution < -0.4 is 5.32 Å². The lowest BCUT2D eigenvalue weighted by molar-refractivity contribution is -0.00589. The smallest absolute Gasteiger partial charge is 0.407 e. The molecule has 146 valence electrons.